The van der Waals surface area contributed by atoms with E-state index in [1.807, 2.05) is 0 Å². The lowest BCUT2D eigenvalue weighted by Gasteiger charge is -2.04. The van der Waals surface area contributed by atoms with Crippen LogP contribution in [0.2, 0.25) is 0 Å². The normalized spacial score (nSPS) is 19.7. The molecule has 1 heterocycles. The molecule has 1 aliphatic heterocycles. The summed E-state index contributed by atoms with van der Waals surface area (Å²) in [5.41, 5.74) is 0.578. The van der Waals surface area contributed by atoms with Crippen molar-refractivity contribution >= 4 is 15.9 Å². The lowest BCUT2D eigenvalue weighted by Crippen LogP contribution is -2.02. The molecule has 1 aliphatic rings. The Morgan fingerprint density at radius 1 is 1.57 bits per heavy atom. The third kappa shape index (κ3) is 2.77. The highest BCUT2D eigenvalue weighted by Gasteiger charge is 2.22. The van der Waals surface area contributed by atoms with Gasteiger partial charge in [-0.15, -0.1) is 0 Å². The Morgan fingerprint density at radius 2 is 2.36 bits per heavy atom. The van der Waals surface area contributed by atoms with Crippen molar-refractivity contribution in [3.8, 4) is 0 Å². The summed E-state index contributed by atoms with van der Waals surface area (Å²) in [5.74, 6) is -0.240. The number of benzene rings is 1. The van der Waals surface area contributed by atoms with Crippen molar-refractivity contribution in [1.29, 1.82) is 0 Å². The molecule has 76 valence electrons. The molecule has 14 heavy (non-hydrogen) atoms. The summed E-state index contributed by atoms with van der Waals surface area (Å²) in [4.78, 5) is 0. The summed E-state index contributed by atoms with van der Waals surface area (Å²) < 4.78 is 24.2. The van der Waals surface area contributed by atoms with Gasteiger partial charge in [-0.25, -0.2) is 4.39 Å². The van der Waals surface area contributed by atoms with Crippen LogP contribution in [-0.2, 0) is 16.1 Å². The van der Waals surface area contributed by atoms with Gasteiger partial charge in [0, 0.05) is 10.0 Å². The van der Waals surface area contributed by atoms with Crippen LogP contribution in [0.4, 0.5) is 4.39 Å². The van der Waals surface area contributed by atoms with E-state index < -0.39 is 0 Å². The molecule has 2 nitrogen and oxygen atoms in total. The van der Waals surface area contributed by atoms with Gasteiger partial charge in [-0.2, -0.15) is 0 Å². The van der Waals surface area contributed by atoms with Gasteiger partial charge in [0.15, 0.2) is 0 Å². The molecule has 1 atom stereocenters. The fraction of sp³-hybridized carbons (Fsp3) is 0.400. The fourth-order valence-electron chi connectivity index (χ4n) is 1.10. The van der Waals surface area contributed by atoms with Crippen molar-refractivity contribution in [2.45, 2.75) is 12.7 Å². The van der Waals surface area contributed by atoms with Crippen LogP contribution in [0.25, 0.3) is 0 Å². The highest BCUT2D eigenvalue weighted by molar-refractivity contribution is 9.10. The minimum absolute atomic E-state index is 0.230. The quantitative estimate of drug-likeness (QED) is 0.777. The third-order valence-corrected chi connectivity index (χ3v) is 2.47. The zero-order valence-electron chi connectivity index (χ0n) is 7.50. The first kappa shape index (κ1) is 10.1. The minimum atomic E-state index is -0.240. The summed E-state index contributed by atoms with van der Waals surface area (Å²) in [6.07, 6.45) is 0.230. The van der Waals surface area contributed by atoms with Gasteiger partial charge >= 0.3 is 0 Å². The molecule has 2 rings (SSSR count). The summed E-state index contributed by atoms with van der Waals surface area (Å²) in [5, 5.41) is 0. The number of rotatable bonds is 4. The first-order valence-electron chi connectivity index (χ1n) is 4.39. The van der Waals surface area contributed by atoms with Crippen molar-refractivity contribution in [1.82, 2.24) is 0 Å². The smallest absolute Gasteiger partial charge is 0.129 e. The maximum absolute atomic E-state index is 13.2. The molecular formula is C10H10BrFO2. The van der Waals surface area contributed by atoms with E-state index in [2.05, 4.69) is 15.9 Å². The Kier molecular flexibility index (Phi) is 3.15. The van der Waals surface area contributed by atoms with Crippen LogP contribution < -0.4 is 0 Å². The SMILES string of the molecule is Fc1cc(Br)ccc1COC[C@H]1CO1. The standard InChI is InChI=1S/C10H10BrFO2/c11-8-2-1-7(10(12)3-8)4-13-5-9-6-14-9/h1-3,9H,4-6H2/t9-/m0/s1. The molecule has 0 aliphatic carbocycles. The lowest BCUT2D eigenvalue weighted by atomic mass is 10.2. The summed E-state index contributed by atoms with van der Waals surface area (Å²) in [6, 6.07) is 4.95. The van der Waals surface area contributed by atoms with Crippen LogP contribution in [0.5, 0.6) is 0 Å². The molecule has 4 heteroatoms. The van der Waals surface area contributed by atoms with Crippen LogP contribution in [0.1, 0.15) is 5.56 Å². The molecule has 0 radical (unpaired) electrons. The second-order valence-corrected chi connectivity index (χ2v) is 4.12. The van der Waals surface area contributed by atoms with Gasteiger partial charge in [0.25, 0.3) is 0 Å². The summed E-state index contributed by atoms with van der Waals surface area (Å²) in [6.45, 7) is 1.62. The Hall–Kier alpha value is -0.450. The van der Waals surface area contributed by atoms with E-state index in [-0.39, 0.29) is 11.9 Å². The number of epoxide rings is 1. The van der Waals surface area contributed by atoms with Crippen LogP contribution in [0.3, 0.4) is 0 Å². The Labute approximate surface area is 90.1 Å². The van der Waals surface area contributed by atoms with Crippen LogP contribution >= 0.6 is 15.9 Å². The van der Waals surface area contributed by atoms with Crippen LogP contribution in [-0.4, -0.2) is 19.3 Å². The fourth-order valence-corrected chi connectivity index (χ4v) is 1.44. The monoisotopic (exact) mass is 260 g/mol. The van der Waals surface area contributed by atoms with Gasteiger partial charge in [-0.1, -0.05) is 22.0 Å². The van der Waals surface area contributed by atoms with E-state index in [9.17, 15) is 4.39 Å². The number of hydrogen-bond donors (Lipinski definition) is 0. The minimum Gasteiger partial charge on any atom is -0.374 e. The van der Waals surface area contributed by atoms with Gasteiger partial charge in [0.1, 0.15) is 11.9 Å². The average molecular weight is 261 g/mol. The van der Waals surface area contributed by atoms with E-state index in [0.29, 0.717) is 18.8 Å². The molecule has 0 bridgehead atoms. The molecule has 0 saturated carbocycles. The van der Waals surface area contributed by atoms with E-state index in [1.54, 1.807) is 12.1 Å². The Balaban J connectivity index is 1.87. The summed E-state index contributed by atoms with van der Waals surface area (Å²) >= 11 is 3.20. The van der Waals surface area contributed by atoms with E-state index in [0.717, 1.165) is 11.1 Å². The number of hydrogen-bond acceptors (Lipinski definition) is 2. The predicted molar refractivity (Wildman–Crippen MR) is 53.5 cm³/mol. The second kappa shape index (κ2) is 4.38. The largest absolute Gasteiger partial charge is 0.374 e. The second-order valence-electron chi connectivity index (χ2n) is 3.21. The van der Waals surface area contributed by atoms with Crippen molar-refractivity contribution in [3.63, 3.8) is 0 Å². The van der Waals surface area contributed by atoms with Gasteiger partial charge in [-0.3, -0.25) is 0 Å². The molecular weight excluding hydrogens is 251 g/mol. The van der Waals surface area contributed by atoms with Crippen LogP contribution in [0.15, 0.2) is 22.7 Å². The predicted octanol–water partition coefficient (Wildman–Crippen LogP) is 2.50. The van der Waals surface area contributed by atoms with E-state index in [1.165, 1.54) is 6.07 Å². The molecule has 1 fully saturated rings. The van der Waals surface area contributed by atoms with Crippen molar-refractivity contribution in [2.75, 3.05) is 13.2 Å². The Bertz CT molecular complexity index is 326. The maximum Gasteiger partial charge on any atom is 0.129 e. The van der Waals surface area contributed by atoms with Gasteiger partial charge in [0.05, 0.1) is 19.8 Å². The van der Waals surface area contributed by atoms with E-state index in [4.69, 9.17) is 9.47 Å². The summed E-state index contributed by atoms with van der Waals surface area (Å²) in [7, 11) is 0. The van der Waals surface area contributed by atoms with Crippen LogP contribution in [0, 0.1) is 5.82 Å². The molecule has 0 aromatic heterocycles. The van der Waals surface area contributed by atoms with Crippen molar-refractivity contribution in [3.05, 3.63) is 34.1 Å². The first-order valence-corrected chi connectivity index (χ1v) is 5.18. The first-order chi connectivity index (χ1) is 6.75. The third-order valence-electron chi connectivity index (χ3n) is 1.98. The van der Waals surface area contributed by atoms with E-state index >= 15 is 0 Å². The van der Waals surface area contributed by atoms with Crippen molar-refractivity contribution < 1.29 is 13.9 Å². The lowest BCUT2D eigenvalue weighted by molar-refractivity contribution is 0.102. The molecule has 1 saturated heterocycles. The van der Waals surface area contributed by atoms with Crippen molar-refractivity contribution in [2.24, 2.45) is 0 Å². The molecule has 0 unspecified atom stereocenters. The Morgan fingerprint density at radius 3 is 3.00 bits per heavy atom. The zero-order valence-corrected chi connectivity index (χ0v) is 9.09. The maximum atomic E-state index is 13.2. The molecule has 1 aromatic rings. The average Bonchev–Trinajstić information content (AvgIpc) is 2.92. The molecule has 1 aromatic carbocycles. The topological polar surface area (TPSA) is 21.8 Å². The highest BCUT2D eigenvalue weighted by atomic mass is 79.9. The number of ether oxygens (including phenoxy) is 2. The van der Waals surface area contributed by atoms with Gasteiger partial charge in [-0.05, 0) is 12.1 Å². The molecule has 0 spiro atoms. The number of halogens is 2. The van der Waals surface area contributed by atoms with Gasteiger partial charge < -0.3 is 9.47 Å². The molecule has 0 N–H and O–H groups in total. The highest BCUT2D eigenvalue weighted by Crippen LogP contribution is 2.16. The molecule has 0 amide bonds. The van der Waals surface area contributed by atoms with Gasteiger partial charge in [0.2, 0.25) is 0 Å². The zero-order chi connectivity index (χ0) is 9.97.